The maximum absolute atomic E-state index is 13.1. The summed E-state index contributed by atoms with van der Waals surface area (Å²) in [5.41, 5.74) is 3.47. The Bertz CT molecular complexity index is 2610. The van der Waals surface area contributed by atoms with Crippen molar-refractivity contribution in [3.63, 3.8) is 0 Å². The number of hydrogen-bond acceptors (Lipinski definition) is 17. The SMILES string of the molecule is COC(=O)c1ccc(N2CCN(C(=O)OC(C)(C)C)CC2)c(NC(=O)c2csc(-c3cccs3)n2)c1.COC(=O)c1ccc(N2CCNCC2)c(NC(=O)c2csc(-c3cccs3)n2)c1. The summed E-state index contributed by atoms with van der Waals surface area (Å²) in [5.74, 6) is -1.62. The van der Waals surface area contributed by atoms with Crippen LogP contribution in [-0.4, -0.2) is 117 Å². The van der Waals surface area contributed by atoms with Gasteiger partial charge in [0, 0.05) is 63.1 Å². The Morgan fingerprint density at radius 1 is 0.631 bits per heavy atom. The van der Waals surface area contributed by atoms with Gasteiger partial charge in [-0.1, -0.05) is 12.1 Å². The summed E-state index contributed by atoms with van der Waals surface area (Å²) >= 11 is 5.98. The van der Waals surface area contributed by atoms with E-state index in [2.05, 4.69) is 35.7 Å². The molecular weight excluding hydrogens is 909 g/mol. The summed E-state index contributed by atoms with van der Waals surface area (Å²) in [6.45, 7) is 10.9. The van der Waals surface area contributed by atoms with E-state index in [0.29, 0.717) is 60.1 Å². The number of amides is 3. The molecule has 0 bridgehead atoms. The molecule has 340 valence electrons. The third kappa shape index (κ3) is 11.9. The van der Waals surface area contributed by atoms with Crippen molar-refractivity contribution in [2.75, 3.05) is 87.0 Å². The van der Waals surface area contributed by atoms with E-state index in [9.17, 15) is 24.0 Å². The number of aromatic nitrogens is 2. The first-order valence-corrected chi connectivity index (χ1v) is 24.1. The van der Waals surface area contributed by atoms with Crippen molar-refractivity contribution in [3.8, 4) is 19.8 Å². The molecule has 6 heterocycles. The Morgan fingerprint density at radius 3 is 1.51 bits per heavy atom. The monoisotopic (exact) mass is 956 g/mol. The van der Waals surface area contributed by atoms with Gasteiger partial charge in [0.1, 0.15) is 27.0 Å². The number of thiophene rings is 2. The number of esters is 2. The van der Waals surface area contributed by atoms with Crippen molar-refractivity contribution < 1.29 is 38.2 Å². The van der Waals surface area contributed by atoms with Crippen LogP contribution in [0, 0.1) is 0 Å². The van der Waals surface area contributed by atoms with Crippen molar-refractivity contribution in [1.29, 1.82) is 0 Å². The van der Waals surface area contributed by atoms with E-state index in [4.69, 9.17) is 14.2 Å². The second kappa shape index (κ2) is 21.2. The molecule has 8 rings (SSSR count). The van der Waals surface area contributed by atoms with E-state index in [0.717, 1.165) is 57.3 Å². The number of piperazine rings is 2. The number of nitrogens with one attached hydrogen (secondary N) is 3. The normalized spacial score (nSPS) is 13.9. The van der Waals surface area contributed by atoms with Crippen LogP contribution in [0.25, 0.3) is 19.8 Å². The minimum atomic E-state index is -0.561. The molecule has 2 aliphatic heterocycles. The Labute approximate surface area is 392 Å². The molecule has 4 aromatic heterocycles. The first kappa shape index (κ1) is 46.8. The molecule has 0 spiro atoms. The predicted molar refractivity (Wildman–Crippen MR) is 257 cm³/mol. The van der Waals surface area contributed by atoms with E-state index >= 15 is 0 Å². The van der Waals surface area contributed by atoms with Crippen LogP contribution in [-0.2, 0) is 14.2 Å². The van der Waals surface area contributed by atoms with E-state index < -0.39 is 17.5 Å². The van der Waals surface area contributed by atoms with Gasteiger partial charge in [-0.25, -0.2) is 24.4 Å². The highest BCUT2D eigenvalue weighted by molar-refractivity contribution is 7.20. The number of nitrogens with zero attached hydrogens (tertiary/aromatic N) is 5. The molecule has 0 aliphatic carbocycles. The molecule has 2 aliphatic rings. The van der Waals surface area contributed by atoms with E-state index in [1.165, 1.54) is 36.9 Å². The Kier molecular flexibility index (Phi) is 15.3. The van der Waals surface area contributed by atoms with Gasteiger partial charge >= 0.3 is 18.0 Å². The average Bonchev–Trinajstić information content (AvgIpc) is 4.17. The third-order valence-electron chi connectivity index (χ3n) is 10.00. The van der Waals surface area contributed by atoms with Crippen LogP contribution >= 0.6 is 45.3 Å². The minimum Gasteiger partial charge on any atom is -0.465 e. The number of thiazole rings is 2. The summed E-state index contributed by atoms with van der Waals surface area (Å²) < 4.78 is 15.2. The molecule has 0 radical (unpaired) electrons. The highest BCUT2D eigenvalue weighted by Gasteiger charge is 2.28. The summed E-state index contributed by atoms with van der Waals surface area (Å²) in [6.07, 6.45) is -0.346. The maximum atomic E-state index is 13.1. The molecule has 16 nitrogen and oxygen atoms in total. The molecule has 2 saturated heterocycles. The van der Waals surface area contributed by atoms with Crippen molar-refractivity contribution in [2.45, 2.75) is 26.4 Å². The number of benzene rings is 2. The van der Waals surface area contributed by atoms with Gasteiger partial charge < -0.3 is 44.9 Å². The van der Waals surface area contributed by atoms with Crippen molar-refractivity contribution in [1.82, 2.24) is 20.2 Å². The zero-order valence-corrected chi connectivity index (χ0v) is 39.6. The Morgan fingerprint density at radius 2 is 1.09 bits per heavy atom. The predicted octanol–water partition coefficient (Wildman–Crippen LogP) is 8.29. The van der Waals surface area contributed by atoms with Crippen LogP contribution in [0.3, 0.4) is 0 Å². The van der Waals surface area contributed by atoms with Crippen molar-refractivity contribution in [2.24, 2.45) is 0 Å². The molecule has 0 saturated carbocycles. The summed E-state index contributed by atoms with van der Waals surface area (Å²) in [5, 5.41) is 18.2. The first-order chi connectivity index (χ1) is 31.3. The lowest BCUT2D eigenvalue weighted by atomic mass is 10.1. The zero-order valence-electron chi connectivity index (χ0n) is 36.4. The average molecular weight is 957 g/mol. The molecule has 3 N–H and O–H groups in total. The van der Waals surface area contributed by atoms with Gasteiger partial charge in [-0.3, -0.25) is 9.59 Å². The van der Waals surface area contributed by atoms with E-state index in [-0.39, 0.29) is 17.9 Å². The fourth-order valence-electron chi connectivity index (χ4n) is 6.83. The summed E-state index contributed by atoms with van der Waals surface area (Å²) in [6, 6.07) is 18.1. The highest BCUT2D eigenvalue weighted by atomic mass is 32.1. The summed E-state index contributed by atoms with van der Waals surface area (Å²) in [4.78, 5) is 79.4. The number of carbonyl (C=O) groups excluding carboxylic acids is 5. The zero-order chi connectivity index (χ0) is 46.1. The van der Waals surface area contributed by atoms with Crippen molar-refractivity contribution in [3.05, 3.63) is 105 Å². The molecule has 3 amide bonds. The topological polar surface area (TPSA) is 185 Å². The Hall–Kier alpha value is -6.19. The van der Waals surface area contributed by atoms with Crippen LogP contribution in [0.4, 0.5) is 27.5 Å². The van der Waals surface area contributed by atoms with Gasteiger partial charge in [-0.2, -0.15) is 0 Å². The van der Waals surface area contributed by atoms with Crippen LogP contribution in [0.2, 0.25) is 0 Å². The number of anilines is 4. The van der Waals surface area contributed by atoms with E-state index in [1.54, 1.807) is 68.7 Å². The molecule has 65 heavy (non-hydrogen) atoms. The molecule has 2 fully saturated rings. The number of methoxy groups -OCH3 is 2. The molecule has 20 heteroatoms. The van der Waals surface area contributed by atoms with Crippen LogP contribution < -0.4 is 25.8 Å². The highest BCUT2D eigenvalue weighted by Crippen LogP contribution is 2.33. The molecule has 0 unspecified atom stereocenters. The van der Waals surface area contributed by atoms with Gasteiger partial charge in [0.25, 0.3) is 11.8 Å². The minimum absolute atomic E-state index is 0.299. The van der Waals surface area contributed by atoms with Gasteiger partial charge in [0.05, 0.1) is 57.9 Å². The number of carbonyl (C=O) groups is 5. The van der Waals surface area contributed by atoms with Gasteiger partial charge in [-0.05, 0) is 80.1 Å². The number of ether oxygens (including phenoxy) is 3. The van der Waals surface area contributed by atoms with Crippen molar-refractivity contribution >= 4 is 97.9 Å². The smallest absolute Gasteiger partial charge is 0.410 e. The van der Waals surface area contributed by atoms with Gasteiger partial charge in [-0.15, -0.1) is 45.3 Å². The summed E-state index contributed by atoms with van der Waals surface area (Å²) in [7, 11) is 2.65. The van der Waals surface area contributed by atoms with Crippen LogP contribution in [0.5, 0.6) is 0 Å². The van der Waals surface area contributed by atoms with Crippen LogP contribution in [0.1, 0.15) is 62.5 Å². The second-order valence-corrected chi connectivity index (χ2v) is 19.2. The van der Waals surface area contributed by atoms with E-state index in [1.807, 2.05) is 61.9 Å². The van der Waals surface area contributed by atoms with Gasteiger partial charge in [0.2, 0.25) is 0 Å². The lowest BCUT2D eigenvalue weighted by molar-refractivity contribution is 0.0240. The fraction of sp³-hybridized carbons (Fsp3) is 0.311. The molecular formula is C45H48N8O8S4. The Balaban J connectivity index is 0.000000198. The second-order valence-electron chi connectivity index (χ2n) is 15.6. The first-order valence-electron chi connectivity index (χ1n) is 20.5. The molecule has 6 aromatic rings. The maximum Gasteiger partial charge on any atom is 0.410 e. The lowest BCUT2D eigenvalue weighted by Crippen LogP contribution is -2.50. The van der Waals surface area contributed by atoms with Gasteiger partial charge in [0.15, 0.2) is 0 Å². The third-order valence-corrected chi connectivity index (χ3v) is 13.8. The molecule has 0 atom stereocenters. The largest absolute Gasteiger partial charge is 0.465 e. The standard InChI is InChI=1S/C25H28N4O5S2.C20H20N4O3S2/c1-25(2,3)34-24(32)29-11-9-28(10-12-29)19-8-7-16(23(31)33-4)14-17(19)26-21(30)18-15-36-22(27-18)20-6-5-13-35-20;1-27-20(26)13-4-5-16(24-8-6-21-7-9-24)14(11-13)22-18(25)15-12-29-19(23-15)17-3-2-10-28-17/h5-8,13-15H,9-12H2,1-4H3,(H,26,30);2-5,10-12,21H,6-9H2,1H3,(H,22,25). The van der Waals surface area contributed by atoms with Crippen LogP contribution in [0.15, 0.2) is 82.2 Å². The number of hydrogen-bond donors (Lipinski definition) is 3. The molecule has 2 aromatic carbocycles. The number of rotatable bonds is 10. The lowest BCUT2D eigenvalue weighted by Gasteiger charge is -2.37. The fourth-order valence-corrected chi connectivity index (χ4v) is 10.1. The quantitative estimate of drug-likeness (QED) is 0.0881.